The zero-order valence-corrected chi connectivity index (χ0v) is 12.5. The van der Waals surface area contributed by atoms with Crippen molar-refractivity contribution < 1.29 is 4.79 Å². The lowest BCUT2D eigenvalue weighted by atomic mass is 9.90. The third-order valence-corrected chi connectivity index (χ3v) is 4.18. The third kappa shape index (κ3) is 3.42. The molecule has 3 rings (SSSR count). The molecule has 2 aromatic rings. The molecule has 1 amide bonds. The van der Waals surface area contributed by atoms with Gasteiger partial charge in [-0.2, -0.15) is 0 Å². The number of carbonyl (C=O) groups is 1. The zero-order valence-electron chi connectivity index (χ0n) is 12.5. The molecule has 2 heterocycles. The van der Waals surface area contributed by atoms with Crippen molar-refractivity contribution in [2.45, 2.75) is 19.3 Å². The van der Waals surface area contributed by atoms with Crippen LogP contribution in [-0.4, -0.2) is 29.0 Å². The van der Waals surface area contributed by atoms with Crippen molar-refractivity contribution in [1.82, 2.24) is 9.97 Å². The Hall–Kier alpha value is -2.43. The quantitative estimate of drug-likeness (QED) is 0.937. The Morgan fingerprint density at radius 1 is 1.18 bits per heavy atom. The van der Waals surface area contributed by atoms with Crippen LogP contribution >= 0.6 is 0 Å². The standard InChI is InChI=1S/C17H20N4O/c18-17(22)15-11-19-12-16(20-15)21-8-6-14(7-9-21)10-13-4-2-1-3-5-13/h1-5,11-12,14H,6-10H2,(H2,18,22). The molecule has 0 radical (unpaired) electrons. The summed E-state index contributed by atoms with van der Waals surface area (Å²) in [6.07, 6.45) is 6.48. The monoisotopic (exact) mass is 296 g/mol. The number of carbonyl (C=O) groups excluding carboxylic acids is 1. The second-order valence-corrected chi connectivity index (χ2v) is 5.75. The summed E-state index contributed by atoms with van der Waals surface area (Å²) in [5.74, 6) is 0.911. The fourth-order valence-electron chi connectivity index (χ4n) is 2.94. The lowest BCUT2D eigenvalue weighted by molar-refractivity contribution is 0.0995. The molecule has 1 aliphatic rings. The molecule has 1 aliphatic heterocycles. The lowest BCUT2D eigenvalue weighted by Crippen LogP contribution is -2.35. The van der Waals surface area contributed by atoms with Gasteiger partial charge in [0.25, 0.3) is 5.91 Å². The molecule has 5 heteroatoms. The smallest absolute Gasteiger partial charge is 0.268 e. The van der Waals surface area contributed by atoms with Gasteiger partial charge in [0.1, 0.15) is 11.5 Å². The topological polar surface area (TPSA) is 72.1 Å². The molecule has 0 saturated carbocycles. The molecule has 0 spiro atoms. The van der Waals surface area contributed by atoms with Crippen molar-refractivity contribution in [3.8, 4) is 0 Å². The van der Waals surface area contributed by atoms with Gasteiger partial charge in [0.15, 0.2) is 0 Å². The summed E-state index contributed by atoms with van der Waals surface area (Å²) in [5.41, 5.74) is 6.89. The van der Waals surface area contributed by atoms with Crippen LogP contribution in [0.5, 0.6) is 0 Å². The molecule has 1 aromatic carbocycles. The number of amides is 1. The van der Waals surface area contributed by atoms with Gasteiger partial charge in [-0.3, -0.25) is 9.78 Å². The fraction of sp³-hybridized carbons (Fsp3) is 0.353. The molecule has 114 valence electrons. The number of primary amides is 1. The Morgan fingerprint density at radius 2 is 1.91 bits per heavy atom. The van der Waals surface area contributed by atoms with Gasteiger partial charge in [0, 0.05) is 13.1 Å². The number of hydrogen-bond acceptors (Lipinski definition) is 4. The van der Waals surface area contributed by atoms with Crippen molar-refractivity contribution in [3.63, 3.8) is 0 Å². The normalized spacial score (nSPS) is 15.7. The number of hydrogen-bond donors (Lipinski definition) is 1. The third-order valence-electron chi connectivity index (χ3n) is 4.18. The Balaban J connectivity index is 1.60. The van der Waals surface area contributed by atoms with Gasteiger partial charge in [0.2, 0.25) is 0 Å². The molecule has 2 N–H and O–H groups in total. The number of nitrogens with two attached hydrogens (primary N) is 1. The van der Waals surface area contributed by atoms with E-state index < -0.39 is 5.91 Å². The number of benzene rings is 1. The second kappa shape index (κ2) is 6.56. The van der Waals surface area contributed by atoms with Crippen molar-refractivity contribution in [2.75, 3.05) is 18.0 Å². The first-order chi connectivity index (χ1) is 10.7. The van der Waals surface area contributed by atoms with Crippen molar-refractivity contribution in [1.29, 1.82) is 0 Å². The number of anilines is 1. The Bertz CT molecular complexity index is 636. The van der Waals surface area contributed by atoms with E-state index >= 15 is 0 Å². The maximum absolute atomic E-state index is 11.2. The van der Waals surface area contributed by atoms with Gasteiger partial charge in [-0.05, 0) is 30.7 Å². The summed E-state index contributed by atoms with van der Waals surface area (Å²) < 4.78 is 0. The highest BCUT2D eigenvalue weighted by molar-refractivity contribution is 5.90. The fourth-order valence-corrected chi connectivity index (χ4v) is 2.94. The second-order valence-electron chi connectivity index (χ2n) is 5.75. The van der Waals surface area contributed by atoms with Crippen LogP contribution in [0.4, 0.5) is 5.82 Å². The molecule has 22 heavy (non-hydrogen) atoms. The van der Waals surface area contributed by atoms with Gasteiger partial charge in [-0.1, -0.05) is 30.3 Å². The SMILES string of the molecule is NC(=O)c1cncc(N2CCC(Cc3ccccc3)CC2)n1. The molecular formula is C17H20N4O. The van der Waals surface area contributed by atoms with Gasteiger partial charge in [-0.15, -0.1) is 0 Å². The van der Waals surface area contributed by atoms with Crippen LogP contribution in [0.2, 0.25) is 0 Å². The summed E-state index contributed by atoms with van der Waals surface area (Å²) in [6, 6.07) is 10.6. The highest BCUT2D eigenvalue weighted by Gasteiger charge is 2.21. The van der Waals surface area contributed by atoms with E-state index in [-0.39, 0.29) is 5.69 Å². The molecule has 1 saturated heterocycles. The van der Waals surface area contributed by atoms with Gasteiger partial charge >= 0.3 is 0 Å². The minimum absolute atomic E-state index is 0.226. The minimum Gasteiger partial charge on any atom is -0.364 e. The lowest BCUT2D eigenvalue weighted by Gasteiger charge is -2.32. The van der Waals surface area contributed by atoms with Gasteiger partial charge in [-0.25, -0.2) is 4.98 Å². The maximum atomic E-state index is 11.2. The Kier molecular flexibility index (Phi) is 4.32. The molecule has 0 unspecified atom stereocenters. The Labute approximate surface area is 130 Å². The number of aromatic nitrogens is 2. The average molecular weight is 296 g/mol. The van der Waals surface area contributed by atoms with Crippen molar-refractivity contribution in [2.24, 2.45) is 11.7 Å². The predicted molar refractivity (Wildman–Crippen MR) is 85.6 cm³/mol. The molecule has 5 nitrogen and oxygen atoms in total. The molecule has 0 bridgehead atoms. The Morgan fingerprint density at radius 3 is 2.59 bits per heavy atom. The molecule has 0 atom stereocenters. The predicted octanol–water partition coefficient (Wildman–Crippen LogP) is 2.03. The van der Waals surface area contributed by atoms with E-state index in [4.69, 9.17) is 5.73 Å². The van der Waals surface area contributed by atoms with Crippen LogP contribution in [0.25, 0.3) is 0 Å². The summed E-state index contributed by atoms with van der Waals surface area (Å²) in [5, 5.41) is 0. The molecule has 0 aliphatic carbocycles. The van der Waals surface area contributed by atoms with Crippen LogP contribution in [0.1, 0.15) is 28.9 Å². The highest BCUT2D eigenvalue weighted by atomic mass is 16.1. The number of rotatable bonds is 4. The summed E-state index contributed by atoms with van der Waals surface area (Å²) in [6.45, 7) is 1.88. The van der Waals surface area contributed by atoms with E-state index in [0.717, 1.165) is 38.2 Å². The molecule has 1 fully saturated rings. The van der Waals surface area contributed by atoms with E-state index in [2.05, 4.69) is 45.2 Å². The van der Waals surface area contributed by atoms with Crippen LogP contribution in [-0.2, 0) is 6.42 Å². The van der Waals surface area contributed by atoms with Gasteiger partial charge in [0.05, 0.1) is 12.4 Å². The highest BCUT2D eigenvalue weighted by Crippen LogP contribution is 2.24. The maximum Gasteiger partial charge on any atom is 0.268 e. The number of nitrogens with zero attached hydrogens (tertiary/aromatic N) is 3. The van der Waals surface area contributed by atoms with Crippen LogP contribution in [0.3, 0.4) is 0 Å². The van der Waals surface area contributed by atoms with E-state index in [1.165, 1.54) is 11.8 Å². The van der Waals surface area contributed by atoms with E-state index in [9.17, 15) is 4.79 Å². The van der Waals surface area contributed by atoms with E-state index in [0.29, 0.717) is 5.92 Å². The zero-order chi connectivity index (χ0) is 15.4. The van der Waals surface area contributed by atoms with Crippen molar-refractivity contribution >= 4 is 11.7 Å². The van der Waals surface area contributed by atoms with Crippen LogP contribution in [0.15, 0.2) is 42.7 Å². The first-order valence-electron chi connectivity index (χ1n) is 7.63. The summed E-state index contributed by atoms with van der Waals surface area (Å²) >= 11 is 0. The summed E-state index contributed by atoms with van der Waals surface area (Å²) in [7, 11) is 0. The first kappa shape index (κ1) is 14.5. The van der Waals surface area contributed by atoms with Gasteiger partial charge < -0.3 is 10.6 Å². The largest absolute Gasteiger partial charge is 0.364 e. The summed E-state index contributed by atoms with van der Waals surface area (Å²) in [4.78, 5) is 21.7. The van der Waals surface area contributed by atoms with E-state index in [1.807, 2.05) is 0 Å². The first-order valence-corrected chi connectivity index (χ1v) is 7.63. The van der Waals surface area contributed by atoms with E-state index in [1.54, 1.807) is 6.20 Å². The number of piperidine rings is 1. The minimum atomic E-state index is -0.534. The van der Waals surface area contributed by atoms with Crippen molar-refractivity contribution in [3.05, 3.63) is 54.0 Å². The van der Waals surface area contributed by atoms with Crippen LogP contribution < -0.4 is 10.6 Å². The van der Waals surface area contributed by atoms with Crippen LogP contribution in [0, 0.1) is 5.92 Å². The molecular weight excluding hydrogens is 276 g/mol. The average Bonchev–Trinajstić information content (AvgIpc) is 2.56. The molecule has 1 aromatic heterocycles.